The summed E-state index contributed by atoms with van der Waals surface area (Å²) >= 11 is 3.31. The molecular formula is C23H14BrF2N3O3. The van der Waals surface area contributed by atoms with Gasteiger partial charge >= 0.3 is 0 Å². The van der Waals surface area contributed by atoms with E-state index in [0.29, 0.717) is 9.99 Å². The monoisotopic (exact) mass is 497 g/mol. The minimum atomic E-state index is -0.790. The van der Waals surface area contributed by atoms with Crippen LogP contribution in [0.25, 0.3) is 10.9 Å². The summed E-state index contributed by atoms with van der Waals surface area (Å²) in [5.74, 6) is -2.68. The second kappa shape index (κ2) is 8.80. The maximum atomic E-state index is 13.9. The molecule has 9 heteroatoms. The number of hydrogen-bond donors (Lipinski definition) is 1. The third-order valence-corrected chi connectivity index (χ3v) is 5.24. The van der Waals surface area contributed by atoms with Crippen LogP contribution < -0.4 is 10.7 Å². The molecule has 0 bridgehead atoms. The van der Waals surface area contributed by atoms with Gasteiger partial charge in [0.2, 0.25) is 11.3 Å². The molecule has 0 fully saturated rings. The predicted molar refractivity (Wildman–Crippen MR) is 119 cm³/mol. The number of pyridine rings is 2. The van der Waals surface area contributed by atoms with Crippen molar-refractivity contribution in [3.8, 4) is 0 Å². The van der Waals surface area contributed by atoms with Crippen molar-refractivity contribution in [3.05, 3.63) is 105 Å². The number of rotatable bonds is 5. The normalized spacial score (nSPS) is 10.8. The van der Waals surface area contributed by atoms with Crippen LogP contribution in [0.3, 0.4) is 0 Å². The maximum absolute atomic E-state index is 13.9. The van der Waals surface area contributed by atoms with Crippen molar-refractivity contribution in [2.24, 2.45) is 0 Å². The van der Waals surface area contributed by atoms with E-state index in [-0.39, 0.29) is 28.7 Å². The van der Waals surface area contributed by atoms with E-state index in [0.717, 1.165) is 18.2 Å². The van der Waals surface area contributed by atoms with E-state index in [9.17, 15) is 23.2 Å². The molecule has 1 amide bonds. The third-order valence-electron chi connectivity index (χ3n) is 4.75. The van der Waals surface area contributed by atoms with Crippen molar-refractivity contribution in [1.82, 2.24) is 9.55 Å². The molecule has 0 aliphatic rings. The Morgan fingerprint density at radius 1 is 1.03 bits per heavy atom. The number of hydrogen-bond acceptors (Lipinski definition) is 4. The summed E-state index contributed by atoms with van der Waals surface area (Å²) in [6.07, 6.45) is 4.16. The molecule has 0 aliphatic carbocycles. The molecule has 2 aromatic heterocycles. The number of carbonyl (C=O) groups is 2. The Balaban J connectivity index is 1.77. The van der Waals surface area contributed by atoms with Crippen molar-refractivity contribution in [3.63, 3.8) is 0 Å². The molecule has 2 aromatic carbocycles. The molecule has 4 rings (SSSR count). The minimum Gasteiger partial charge on any atom is -0.337 e. The van der Waals surface area contributed by atoms with Crippen molar-refractivity contribution in [1.29, 1.82) is 0 Å². The number of aromatic nitrogens is 2. The van der Waals surface area contributed by atoms with Gasteiger partial charge in [0.25, 0.3) is 0 Å². The second-order valence-corrected chi connectivity index (χ2v) is 7.81. The van der Waals surface area contributed by atoms with Crippen molar-refractivity contribution in [2.45, 2.75) is 6.54 Å². The van der Waals surface area contributed by atoms with E-state index in [1.54, 1.807) is 18.2 Å². The third kappa shape index (κ3) is 4.33. The fourth-order valence-corrected chi connectivity index (χ4v) is 3.62. The summed E-state index contributed by atoms with van der Waals surface area (Å²) in [4.78, 5) is 42.5. The average molecular weight is 498 g/mol. The summed E-state index contributed by atoms with van der Waals surface area (Å²) in [6, 6.07) is 10.5. The van der Waals surface area contributed by atoms with Gasteiger partial charge in [-0.05, 0) is 42.5 Å². The van der Waals surface area contributed by atoms with Gasteiger partial charge in [-0.2, -0.15) is 0 Å². The van der Waals surface area contributed by atoms with Crippen LogP contribution in [0.2, 0.25) is 0 Å². The van der Waals surface area contributed by atoms with Crippen LogP contribution in [0, 0.1) is 11.6 Å². The van der Waals surface area contributed by atoms with Crippen LogP contribution >= 0.6 is 15.9 Å². The molecular weight excluding hydrogens is 484 g/mol. The van der Waals surface area contributed by atoms with E-state index in [1.165, 1.54) is 35.3 Å². The number of nitrogens with one attached hydrogen (secondary N) is 1. The molecule has 0 saturated heterocycles. The van der Waals surface area contributed by atoms with Crippen LogP contribution in [0.5, 0.6) is 0 Å². The van der Waals surface area contributed by atoms with Crippen LogP contribution in [0.15, 0.2) is 76.4 Å². The molecule has 0 unspecified atom stereocenters. The molecule has 4 aromatic rings. The summed E-state index contributed by atoms with van der Waals surface area (Å²) < 4.78 is 29.3. The fourth-order valence-electron chi connectivity index (χ4n) is 3.26. The molecule has 0 atom stereocenters. The molecule has 0 aliphatic heterocycles. The van der Waals surface area contributed by atoms with Crippen LogP contribution in [0.4, 0.5) is 14.5 Å². The topological polar surface area (TPSA) is 81.1 Å². The van der Waals surface area contributed by atoms with Gasteiger partial charge in [0, 0.05) is 40.1 Å². The highest BCUT2D eigenvalue weighted by atomic mass is 79.9. The summed E-state index contributed by atoms with van der Waals surface area (Å²) in [7, 11) is 0. The van der Waals surface area contributed by atoms with Crippen LogP contribution in [-0.2, 0) is 11.3 Å². The zero-order chi connectivity index (χ0) is 22.8. The largest absolute Gasteiger partial charge is 0.337 e. The number of ketones is 1. The first-order valence-corrected chi connectivity index (χ1v) is 10.1. The molecule has 32 heavy (non-hydrogen) atoms. The smallest absolute Gasteiger partial charge is 0.244 e. The van der Waals surface area contributed by atoms with Gasteiger partial charge in [-0.25, -0.2) is 8.78 Å². The molecule has 0 radical (unpaired) electrons. The number of halogens is 3. The lowest BCUT2D eigenvalue weighted by Crippen LogP contribution is -2.24. The van der Waals surface area contributed by atoms with Gasteiger partial charge in [0.05, 0.1) is 16.8 Å². The predicted octanol–water partition coefficient (Wildman–Crippen LogP) is 4.31. The van der Waals surface area contributed by atoms with E-state index >= 15 is 0 Å². The Labute approximate surface area is 188 Å². The average Bonchev–Trinajstić information content (AvgIpc) is 2.78. The molecule has 160 valence electrons. The van der Waals surface area contributed by atoms with E-state index in [4.69, 9.17) is 0 Å². The number of anilines is 1. The first-order chi connectivity index (χ1) is 15.3. The number of fused-ring (bicyclic) bond motifs is 1. The van der Waals surface area contributed by atoms with Crippen LogP contribution in [0.1, 0.15) is 15.9 Å². The molecule has 1 N–H and O–H groups in total. The standard InChI is InChI=1S/C23H14BrF2N3O3/c24-14-1-4-20-16(9-14)23(32)17(22(31)13-5-7-27-8-6-13)11-29(20)12-21(30)28-19-10-15(25)2-3-18(19)26/h1-11H,12H2,(H,28,30). The van der Waals surface area contributed by atoms with E-state index in [1.807, 2.05) is 0 Å². The van der Waals surface area contributed by atoms with Crippen molar-refractivity contribution < 1.29 is 18.4 Å². The summed E-state index contributed by atoms with van der Waals surface area (Å²) in [5, 5.41) is 2.54. The zero-order valence-electron chi connectivity index (χ0n) is 16.3. The Bertz CT molecular complexity index is 1420. The Morgan fingerprint density at radius 3 is 2.53 bits per heavy atom. The van der Waals surface area contributed by atoms with Gasteiger partial charge in [-0.3, -0.25) is 19.4 Å². The first-order valence-electron chi connectivity index (χ1n) is 9.36. The summed E-state index contributed by atoms with van der Waals surface area (Å²) in [5.41, 5.74) is -0.262. The Kier molecular flexibility index (Phi) is 5.91. The van der Waals surface area contributed by atoms with Gasteiger partial charge in [-0.1, -0.05) is 15.9 Å². The zero-order valence-corrected chi connectivity index (χ0v) is 17.9. The van der Waals surface area contributed by atoms with Crippen molar-refractivity contribution in [2.75, 3.05) is 5.32 Å². The minimum absolute atomic E-state index is 0.133. The van der Waals surface area contributed by atoms with Crippen molar-refractivity contribution >= 4 is 44.2 Å². The maximum Gasteiger partial charge on any atom is 0.244 e. The summed E-state index contributed by atoms with van der Waals surface area (Å²) in [6.45, 7) is -0.342. The molecule has 0 saturated carbocycles. The quantitative estimate of drug-likeness (QED) is 0.416. The number of nitrogens with zero attached hydrogens (tertiary/aromatic N) is 2. The lowest BCUT2D eigenvalue weighted by molar-refractivity contribution is -0.116. The SMILES string of the molecule is O=C(Cn1cc(C(=O)c2ccncc2)c(=O)c2cc(Br)ccc21)Nc1cc(F)ccc1F. The fraction of sp³-hybridized carbons (Fsp3) is 0.0435. The Morgan fingerprint density at radius 2 is 1.78 bits per heavy atom. The molecule has 2 heterocycles. The number of carbonyl (C=O) groups excluding carboxylic acids is 2. The highest BCUT2D eigenvalue weighted by molar-refractivity contribution is 9.10. The molecule has 6 nitrogen and oxygen atoms in total. The van der Waals surface area contributed by atoms with E-state index in [2.05, 4.69) is 26.2 Å². The highest BCUT2D eigenvalue weighted by Crippen LogP contribution is 2.20. The first kappa shape index (κ1) is 21.5. The van der Waals surface area contributed by atoms with Gasteiger partial charge in [-0.15, -0.1) is 0 Å². The van der Waals surface area contributed by atoms with Crippen LogP contribution in [-0.4, -0.2) is 21.2 Å². The Hall–Kier alpha value is -3.72. The van der Waals surface area contributed by atoms with Gasteiger partial charge in [0.15, 0.2) is 5.78 Å². The lowest BCUT2D eigenvalue weighted by atomic mass is 10.0. The number of amides is 1. The molecule has 0 spiro atoms. The number of benzene rings is 2. The van der Waals surface area contributed by atoms with Gasteiger partial charge in [0.1, 0.15) is 18.2 Å². The second-order valence-electron chi connectivity index (χ2n) is 6.90. The lowest BCUT2D eigenvalue weighted by Gasteiger charge is -2.14. The van der Waals surface area contributed by atoms with E-state index < -0.39 is 28.8 Å². The highest BCUT2D eigenvalue weighted by Gasteiger charge is 2.19. The van der Waals surface area contributed by atoms with Gasteiger partial charge < -0.3 is 9.88 Å².